The van der Waals surface area contributed by atoms with E-state index >= 15 is 0 Å². The molecule has 0 aliphatic carbocycles. The number of ether oxygens (including phenoxy) is 1. The summed E-state index contributed by atoms with van der Waals surface area (Å²) in [6, 6.07) is 2.59. The van der Waals surface area contributed by atoms with Gasteiger partial charge in [0.2, 0.25) is 0 Å². The third-order valence-electron chi connectivity index (χ3n) is 2.53. The molecule has 2 heterocycles. The monoisotopic (exact) mass is 275 g/mol. The Labute approximate surface area is 96.8 Å². The molecule has 1 aromatic heterocycles. The number of halogens is 1. The summed E-state index contributed by atoms with van der Waals surface area (Å²) in [5, 5.41) is 5.60. The van der Waals surface area contributed by atoms with Crippen LogP contribution in [0, 0.1) is 0 Å². The van der Waals surface area contributed by atoms with Gasteiger partial charge in [-0.3, -0.25) is 0 Å². The molecule has 1 N–H and O–H groups in total. The summed E-state index contributed by atoms with van der Waals surface area (Å²) in [4.78, 5) is 1.41. The smallest absolute Gasteiger partial charge is 0.0627 e. The van der Waals surface area contributed by atoms with Gasteiger partial charge in [-0.05, 0) is 33.9 Å². The van der Waals surface area contributed by atoms with Crippen molar-refractivity contribution in [3.8, 4) is 0 Å². The second-order valence-electron chi connectivity index (χ2n) is 3.44. The van der Waals surface area contributed by atoms with Crippen molar-refractivity contribution < 1.29 is 4.74 Å². The molecule has 1 aliphatic rings. The molecule has 1 aromatic rings. The highest BCUT2D eigenvalue weighted by Crippen LogP contribution is 2.35. The Kier molecular flexibility index (Phi) is 3.60. The SMILES string of the molecule is CCNC1COCC1c1sccc1Br. The minimum absolute atomic E-state index is 0.481. The van der Waals surface area contributed by atoms with Crippen LogP contribution in [0.3, 0.4) is 0 Å². The van der Waals surface area contributed by atoms with Crippen LogP contribution in [0.4, 0.5) is 0 Å². The summed E-state index contributed by atoms with van der Waals surface area (Å²) in [6.07, 6.45) is 0. The third kappa shape index (κ3) is 2.03. The van der Waals surface area contributed by atoms with Crippen LogP contribution in [0.1, 0.15) is 17.7 Å². The Bertz CT molecular complexity index is 302. The molecule has 14 heavy (non-hydrogen) atoms. The lowest BCUT2D eigenvalue weighted by Gasteiger charge is -2.17. The van der Waals surface area contributed by atoms with Crippen molar-refractivity contribution in [3.05, 3.63) is 20.8 Å². The topological polar surface area (TPSA) is 21.3 Å². The van der Waals surface area contributed by atoms with E-state index in [0.29, 0.717) is 12.0 Å². The average molecular weight is 276 g/mol. The molecule has 0 spiro atoms. The first kappa shape index (κ1) is 10.6. The fourth-order valence-corrected chi connectivity index (χ4v) is 3.67. The second kappa shape index (κ2) is 4.75. The largest absolute Gasteiger partial charge is 0.379 e. The summed E-state index contributed by atoms with van der Waals surface area (Å²) in [6.45, 7) is 4.83. The van der Waals surface area contributed by atoms with Crippen molar-refractivity contribution in [3.63, 3.8) is 0 Å². The van der Waals surface area contributed by atoms with E-state index in [1.165, 1.54) is 9.35 Å². The predicted molar refractivity (Wildman–Crippen MR) is 63.0 cm³/mol. The van der Waals surface area contributed by atoms with Crippen molar-refractivity contribution in [2.45, 2.75) is 18.9 Å². The zero-order chi connectivity index (χ0) is 9.97. The Morgan fingerprint density at radius 3 is 3.14 bits per heavy atom. The highest BCUT2D eigenvalue weighted by molar-refractivity contribution is 9.10. The molecule has 1 saturated heterocycles. The normalized spacial score (nSPS) is 27.0. The van der Waals surface area contributed by atoms with Gasteiger partial charge in [0.25, 0.3) is 0 Å². The van der Waals surface area contributed by atoms with Crippen LogP contribution in [0.25, 0.3) is 0 Å². The Balaban J connectivity index is 2.13. The van der Waals surface area contributed by atoms with E-state index in [2.05, 4.69) is 39.6 Å². The van der Waals surface area contributed by atoms with Gasteiger partial charge in [0, 0.05) is 21.3 Å². The van der Waals surface area contributed by atoms with Gasteiger partial charge < -0.3 is 10.1 Å². The molecule has 2 atom stereocenters. The number of nitrogens with one attached hydrogen (secondary N) is 1. The molecule has 0 aromatic carbocycles. The number of hydrogen-bond donors (Lipinski definition) is 1. The van der Waals surface area contributed by atoms with Crippen molar-refractivity contribution in [2.75, 3.05) is 19.8 Å². The highest BCUT2D eigenvalue weighted by atomic mass is 79.9. The van der Waals surface area contributed by atoms with Crippen molar-refractivity contribution >= 4 is 27.3 Å². The van der Waals surface area contributed by atoms with Crippen LogP contribution < -0.4 is 5.32 Å². The molecular weight excluding hydrogens is 262 g/mol. The summed E-state index contributed by atoms with van der Waals surface area (Å²) >= 11 is 5.39. The molecule has 1 aliphatic heterocycles. The van der Waals surface area contributed by atoms with Crippen molar-refractivity contribution in [1.29, 1.82) is 0 Å². The highest BCUT2D eigenvalue weighted by Gasteiger charge is 2.30. The van der Waals surface area contributed by atoms with Crippen LogP contribution in [0.5, 0.6) is 0 Å². The summed E-state index contributed by atoms with van der Waals surface area (Å²) in [5.74, 6) is 0.518. The Hall–Kier alpha value is 0.100. The zero-order valence-corrected chi connectivity index (χ0v) is 10.5. The third-order valence-corrected chi connectivity index (χ3v) is 4.53. The summed E-state index contributed by atoms with van der Waals surface area (Å²) in [5.41, 5.74) is 0. The first-order valence-corrected chi connectivity index (χ1v) is 6.54. The fourth-order valence-electron chi connectivity index (χ4n) is 1.85. The molecule has 4 heteroatoms. The van der Waals surface area contributed by atoms with Crippen LogP contribution in [0.2, 0.25) is 0 Å². The molecule has 0 saturated carbocycles. The van der Waals surface area contributed by atoms with Crippen LogP contribution in [-0.4, -0.2) is 25.8 Å². The first-order valence-electron chi connectivity index (χ1n) is 4.87. The number of likely N-dealkylation sites (N-methyl/N-ethyl adjacent to an activating group) is 1. The summed E-state index contributed by atoms with van der Waals surface area (Å²) in [7, 11) is 0. The van der Waals surface area contributed by atoms with Crippen molar-refractivity contribution in [2.24, 2.45) is 0 Å². The van der Waals surface area contributed by atoms with Gasteiger partial charge in [0.05, 0.1) is 13.2 Å². The van der Waals surface area contributed by atoms with Crippen molar-refractivity contribution in [1.82, 2.24) is 5.32 Å². The average Bonchev–Trinajstić information content (AvgIpc) is 2.74. The van der Waals surface area contributed by atoms with Gasteiger partial charge in [0.1, 0.15) is 0 Å². The van der Waals surface area contributed by atoms with Gasteiger partial charge in [-0.15, -0.1) is 11.3 Å². The van der Waals surface area contributed by atoms with Gasteiger partial charge in [-0.25, -0.2) is 0 Å². The number of hydrogen-bond acceptors (Lipinski definition) is 3. The van der Waals surface area contributed by atoms with Gasteiger partial charge in [-0.2, -0.15) is 0 Å². The van der Waals surface area contributed by atoms with E-state index < -0.39 is 0 Å². The molecular formula is C10H14BrNOS. The molecule has 0 radical (unpaired) electrons. The Morgan fingerprint density at radius 2 is 2.50 bits per heavy atom. The minimum Gasteiger partial charge on any atom is -0.379 e. The van der Waals surface area contributed by atoms with E-state index in [-0.39, 0.29) is 0 Å². The van der Waals surface area contributed by atoms with E-state index in [1.807, 2.05) is 11.3 Å². The second-order valence-corrected chi connectivity index (χ2v) is 5.24. The maximum atomic E-state index is 5.52. The maximum Gasteiger partial charge on any atom is 0.0627 e. The van der Waals surface area contributed by atoms with Gasteiger partial charge >= 0.3 is 0 Å². The molecule has 2 unspecified atom stereocenters. The number of rotatable bonds is 3. The van der Waals surface area contributed by atoms with Crippen LogP contribution in [-0.2, 0) is 4.74 Å². The number of thiophene rings is 1. The molecule has 78 valence electrons. The van der Waals surface area contributed by atoms with Crippen LogP contribution >= 0.6 is 27.3 Å². The maximum absolute atomic E-state index is 5.52. The molecule has 1 fully saturated rings. The standard InChI is InChI=1S/C10H14BrNOS/c1-2-12-9-6-13-5-7(9)10-8(11)3-4-14-10/h3-4,7,9,12H,2,5-6H2,1H3. The quantitative estimate of drug-likeness (QED) is 0.916. The lowest BCUT2D eigenvalue weighted by atomic mass is 10.0. The predicted octanol–water partition coefficient (Wildman–Crippen LogP) is 2.60. The van der Waals surface area contributed by atoms with E-state index in [4.69, 9.17) is 4.74 Å². The minimum atomic E-state index is 0.481. The summed E-state index contributed by atoms with van der Waals surface area (Å²) < 4.78 is 6.75. The zero-order valence-electron chi connectivity index (χ0n) is 8.13. The fraction of sp³-hybridized carbons (Fsp3) is 0.600. The van der Waals surface area contributed by atoms with Gasteiger partial charge in [0.15, 0.2) is 0 Å². The van der Waals surface area contributed by atoms with E-state index in [1.54, 1.807) is 0 Å². The molecule has 0 amide bonds. The molecule has 2 nitrogen and oxygen atoms in total. The van der Waals surface area contributed by atoms with Crippen LogP contribution in [0.15, 0.2) is 15.9 Å². The molecule has 2 rings (SSSR count). The first-order chi connectivity index (χ1) is 6.83. The lowest BCUT2D eigenvalue weighted by molar-refractivity contribution is 0.188. The van der Waals surface area contributed by atoms with E-state index in [9.17, 15) is 0 Å². The van der Waals surface area contributed by atoms with Gasteiger partial charge in [-0.1, -0.05) is 6.92 Å². The lowest BCUT2D eigenvalue weighted by Crippen LogP contribution is -2.33. The Morgan fingerprint density at radius 1 is 1.64 bits per heavy atom. The molecule has 0 bridgehead atoms. The van der Waals surface area contributed by atoms with E-state index in [0.717, 1.165) is 19.8 Å².